The number of carbonyl (C=O) groups is 1. The summed E-state index contributed by atoms with van der Waals surface area (Å²) >= 11 is 5.96. The molecule has 0 bridgehead atoms. The Bertz CT molecular complexity index is 1270. The highest BCUT2D eigenvalue weighted by Crippen LogP contribution is 2.39. The summed E-state index contributed by atoms with van der Waals surface area (Å²) in [5.41, 5.74) is 1.27. The van der Waals surface area contributed by atoms with Crippen LogP contribution in [-0.2, 0) is 9.53 Å². The number of cyclic esters (lactones) is 1. The van der Waals surface area contributed by atoms with Gasteiger partial charge in [-0.3, -0.25) is 9.69 Å². The molecule has 2 aliphatic rings. The van der Waals surface area contributed by atoms with Crippen LogP contribution in [-0.4, -0.2) is 52.9 Å². The first-order chi connectivity index (χ1) is 17.4. The zero-order chi connectivity index (χ0) is 25.2. The minimum atomic E-state index is -0.493. The van der Waals surface area contributed by atoms with E-state index in [1.54, 1.807) is 6.07 Å². The quantitative estimate of drug-likeness (QED) is 0.297. The topological polar surface area (TPSA) is 85.8 Å². The van der Waals surface area contributed by atoms with Gasteiger partial charge in [0.2, 0.25) is 0 Å². The largest absolute Gasteiger partial charge is 0.486 e. The molecule has 8 nitrogen and oxygen atoms in total. The molecule has 0 amide bonds. The molecule has 1 saturated carbocycles. The molecular formula is C26H28ClFN4O4. The maximum absolute atomic E-state index is 13.6. The van der Waals surface area contributed by atoms with E-state index < -0.39 is 5.82 Å². The summed E-state index contributed by atoms with van der Waals surface area (Å²) in [7, 11) is 1.93. The Morgan fingerprint density at radius 3 is 2.75 bits per heavy atom. The highest BCUT2D eigenvalue weighted by molar-refractivity contribution is 6.31. The normalized spacial score (nSPS) is 18.7. The summed E-state index contributed by atoms with van der Waals surface area (Å²) in [5.74, 6) is 1.02. The molecule has 3 aromatic rings. The number of likely N-dealkylation sites (N-methyl/N-ethyl adjacent to an activating group) is 1. The first-order valence-electron chi connectivity index (χ1n) is 12.1. The van der Waals surface area contributed by atoms with Gasteiger partial charge in [0.15, 0.2) is 17.7 Å². The van der Waals surface area contributed by atoms with Gasteiger partial charge >= 0.3 is 5.97 Å². The van der Waals surface area contributed by atoms with Crippen molar-refractivity contribution in [2.75, 3.05) is 19.0 Å². The van der Waals surface area contributed by atoms with E-state index in [1.165, 1.54) is 18.5 Å². The fraction of sp³-hybridized carbons (Fsp3) is 0.423. The molecule has 2 atom stereocenters. The SMILES string of the molecule is CCC(Oc1cc2c(Nc3ccc(F)c(Cl)c3)ncnc2cc1OC1CCC1)N(C)C1COC(=O)C1. The smallest absolute Gasteiger partial charge is 0.307 e. The maximum atomic E-state index is 13.6. The lowest BCUT2D eigenvalue weighted by Gasteiger charge is -2.33. The van der Waals surface area contributed by atoms with Crippen LogP contribution >= 0.6 is 11.6 Å². The molecule has 1 aliphatic carbocycles. The highest BCUT2D eigenvalue weighted by atomic mass is 35.5. The van der Waals surface area contributed by atoms with Crippen LogP contribution < -0.4 is 14.8 Å². The van der Waals surface area contributed by atoms with E-state index in [0.717, 1.165) is 19.3 Å². The average molecular weight is 515 g/mol. The van der Waals surface area contributed by atoms with E-state index in [2.05, 4.69) is 15.3 Å². The number of carbonyl (C=O) groups excluding carboxylic acids is 1. The van der Waals surface area contributed by atoms with Crippen molar-refractivity contribution in [3.05, 3.63) is 47.5 Å². The highest BCUT2D eigenvalue weighted by Gasteiger charge is 2.32. The number of nitrogens with one attached hydrogen (secondary N) is 1. The van der Waals surface area contributed by atoms with Gasteiger partial charge in [0.25, 0.3) is 0 Å². The van der Waals surface area contributed by atoms with Crippen LogP contribution in [0.4, 0.5) is 15.9 Å². The second-order valence-corrected chi connectivity index (χ2v) is 9.56. The second-order valence-electron chi connectivity index (χ2n) is 9.15. The van der Waals surface area contributed by atoms with Crippen LogP contribution in [0.2, 0.25) is 5.02 Å². The number of hydrogen-bond acceptors (Lipinski definition) is 8. The minimum absolute atomic E-state index is 0.0155. The molecule has 10 heteroatoms. The van der Waals surface area contributed by atoms with Crippen molar-refractivity contribution in [3.8, 4) is 11.5 Å². The van der Waals surface area contributed by atoms with Gasteiger partial charge in [-0.2, -0.15) is 0 Å². The summed E-state index contributed by atoms with van der Waals surface area (Å²) in [4.78, 5) is 22.5. The lowest BCUT2D eigenvalue weighted by Crippen LogP contribution is -2.43. The van der Waals surface area contributed by atoms with E-state index in [1.807, 2.05) is 31.0 Å². The van der Waals surface area contributed by atoms with Crippen LogP contribution in [0, 0.1) is 5.82 Å². The number of fused-ring (bicyclic) bond motifs is 1. The van der Waals surface area contributed by atoms with Gasteiger partial charge < -0.3 is 19.5 Å². The zero-order valence-electron chi connectivity index (χ0n) is 20.2. The first-order valence-corrected chi connectivity index (χ1v) is 12.5. The molecule has 2 heterocycles. The standard InChI is InChI=1S/C26H28ClFN4O4/c1-3-24(32(2)16-10-25(33)34-13-16)36-22-11-18-21(12-23(22)35-17-5-4-6-17)29-14-30-26(18)31-15-7-8-20(28)19(27)9-15/h7-9,11-12,14,16-17,24H,3-6,10,13H2,1-2H3,(H,29,30,31). The molecule has 1 N–H and O–H groups in total. The number of benzene rings is 2. The molecule has 2 fully saturated rings. The molecule has 0 spiro atoms. The third-order valence-corrected chi connectivity index (χ3v) is 7.00. The monoisotopic (exact) mass is 514 g/mol. The van der Waals surface area contributed by atoms with E-state index >= 15 is 0 Å². The van der Waals surface area contributed by atoms with Gasteiger partial charge in [-0.15, -0.1) is 0 Å². The Labute approximate surface area is 213 Å². The fourth-order valence-electron chi connectivity index (χ4n) is 4.32. The van der Waals surface area contributed by atoms with Crippen LogP contribution in [0.1, 0.15) is 39.0 Å². The molecule has 1 aliphatic heterocycles. The Balaban J connectivity index is 1.49. The molecule has 2 aromatic carbocycles. The number of hydrogen-bond donors (Lipinski definition) is 1. The van der Waals surface area contributed by atoms with Gasteiger partial charge in [0.05, 0.1) is 29.1 Å². The van der Waals surface area contributed by atoms with Gasteiger partial charge in [0, 0.05) is 17.1 Å². The van der Waals surface area contributed by atoms with E-state index in [-0.39, 0.29) is 29.4 Å². The summed E-state index contributed by atoms with van der Waals surface area (Å²) in [6, 6.07) is 8.07. The van der Waals surface area contributed by atoms with Gasteiger partial charge in [-0.05, 0) is 57.0 Å². The van der Waals surface area contributed by atoms with E-state index in [9.17, 15) is 9.18 Å². The Morgan fingerprint density at radius 1 is 1.25 bits per heavy atom. The Hall–Kier alpha value is -3.17. The van der Waals surface area contributed by atoms with Crippen LogP contribution in [0.25, 0.3) is 10.9 Å². The molecule has 1 aromatic heterocycles. The van der Waals surface area contributed by atoms with E-state index in [4.69, 9.17) is 25.8 Å². The lowest BCUT2D eigenvalue weighted by atomic mass is 9.96. The Morgan fingerprint density at radius 2 is 2.08 bits per heavy atom. The van der Waals surface area contributed by atoms with Gasteiger partial charge in [0.1, 0.15) is 24.6 Å². The van der Waals surface area contributed by atoms with Crippen LogP contribution in [0.15, 0.2) is 36.7 Å². The van der Waals surface area contributed by atoms with E-state index in [0.29, 0.717) is 53.4 Å². The van der Waals surface area contributed by atoms with Crippen LogP contribution in [0.3, 0.4) is 0 Å². The predicted molar refractivity (Wildman–Crippen MR) is 134 cm³/mol. The number of nitrogens with zero attached hydrogens (tertiary/aromatic N) is 3. The van der Waals surface area contributed by atoms with Crippen LogP contribution in [0.5, 0.6) is 11.5 Å². The third-order valence-electron chi connectivity index (χ3n) is 6.71. The number of anilines is 2. The maximum Gasteiger partial charge on any atom is 0.307 e. The predicted octanol–water partition coefficient (Wildman–Crippen LogP) is 5.46. The summed E-state index contributed by atoms with van der Waals surface area (Å²) in [6.07, 6.45) is 5.46. The average Bonchev–Trinajstić information content (AvgIpc) is 3.28. The first kappa shape index (κ1) is 24.5. The summed E-state index contributed by atoms with van der Waals surface area (Å²) in [5, 5.41) is 3.93. The summed E-state index contributed by atoms with van der Waals surface area (Å²) < 4.78 is 31.6. The van der Waals surface area contributed by atoms with Crippen molar-refractivity contribution in [1.82, 2.24) is 14.9 Å². The van der Waals surface area contributed by atoms with Gasteiger partial charge in [-0.1, -0.05) is 18.5 Å². The number of halogens is 2. The minimum Gasteiger partial charge on any atom is -0.486 e. The van der Waals surface area contributed by atoms with Crippen molar-refractivity contribution in [2.45, 2.75) is 57.4 Å². The number of rotatable bonds is 9. The molecule has 36 heavy (non-hydrogen) atoms. The molecule has 5 rings (SSSR count). The van der Waals surface area contributed by atoms with Crippen molar-refractivity contribution < 1.29 is 23.4 Å². The lowest BCUT2D eigenvalue weighted by molar-refractivity contribution is -0.137. The number of ether oxygens (including phenoxy) is 3. The zero-order valence-corrected chi connectivity index (χ0v) is 20.9. The molecule has 0 radical (unpaired) electrons. The molecule has 1 saturated heterocycles. The second kappa shape index (κ2) is 10.4. The number of aromatic nitrogens is 2. The molecule has 190 valence electrons. The van der Waals surface area contributed by atoms with Crippen molar-refractivity contribution in [2.24, 2.45) is 0 Å². The Kier molecular flexibility index (Phi) is 7.11. The van der Waals surface area contributed by atoms with Crippen molar-refractivity contribution in [3.63, 3.8) is 0 Å². The molecular weight excluding hydrogens is 487 g/mol. The fourth-order valence-corrected chi connectivity index (χ4v) is 4.50. The third kappa shape index (κ3) is 5.17. The number of esters is 1. The molecule has 2 unspecified atom stereocenters. The van der Waals surface area contributed by atoms with Crippen molar-refractivity contribution >= 4 is 40.0 Å². The summed E-state index contributed by atoms with van der Waals surface area (Å²) in [6.45, 7) is 2.38. The van der Waals surface area contributed by atoms with Gasteiger partial charge in [-0.25, -0.2) is 14.4 Å². The van der Waals surface area contributed by atoms with Crippen molar-refractivity contribution in [1.29, 1.82) is 0 Å².